The van der Waals surface area contributed by atoms with Crippen molar-refractivity contribution in [1.82, 2.24) is 4.57 Å². The van der Waals surface area contributed by atoms with E-state index in [1.807, 2.05) is 6.92 Å². The summed E-state index contributed by atoms with van der Waals surface area (Å²) in [7, 11) is 1.33. The third-order valence-corrected chi connectivity index (χ3v) is 1.94. The summed E-state index contributed by atoms with van der Waals surface area (Å²) in [4.78, 5) is 22.3. The van der Waals surface area contributed by atoms with Gasteiger partial charge in [0.05, 0.1) is 13.7 Å². The van der Waals surface area contributed by atoms with Crippen molar-refractivity contribution in [3.63, 3.8) is 0 Å². The molecule has 0 saturated heterocycles. The number of ether oxygens (including phenoxy) is 1. The number of aromatic nitrogens is 1. The molecule has 0 amide bonds. The van der Waals surface area contributed by atoms with Crippen LogP contribution in [0.1, 0.15) is 23.0 Å². The van der Waals surface area contributed by atoms with Gasteiger partial charge in [0.2, 0.25) is 0 Å². The van der Waals surface area contributed by atoms with Crippen LogP contribution >= 0.6 is 0 Å². The number of hydrogen-bond acceptors (Lipinski definition) is 3. The Balaban J connectivity index is 3.05. The standard InChI is InChI=1S/C10H13NO3/c1-7-4-5-11(6-8(2)12)9(7)10(13)14-3/h4-5H,6H2,1-3H3. The Labute approximate surface area is 82.5 Å². The Morgan fingerprint density at radius 2 is 2.14 bits per heavy atom. The van der Waals surface area contributed by atoms with Gasteiger partial charge in [-0.05, 0) is 25.5 Å². The summed E-state index contributed by atoms with van der Waals surface area (Å²) in [6, 6.07) is 1.79. The number of nitrogens with zero attached hydrogens (tertiary/aromatic N) is 1. The van der Waals surface area contributed by atoms with E-state index in [1.165, 1.54) is 14.0 Å². The third-order valence-electron chi connectivity index (χ3n) is 1.94. The second kappa shape index (κ2) is 4.09. The van der Waals surface area contributed by atoms with Gasteiger partial charge in [-0.25, -0.2) is 4.79 Å². The maximum absolute atomic E-state index is 11.3. The van der Waals surface area contributed by atoms with Crippen LogP contribution in [0.5, 0.6) is 0 Å². The van der Waals surface area contributed by atoms with Crippen molar-refractivity contribution in [2.75, 3.05) is 7.11 Å². The summed E-state index contributed by atoms with van der Waals surface area (Å²) >= 11 is 0. The van der Waals surface area contributed by atoms with Crippen LogP contribution in [0.2, 0.25) is 0 Å². The molecule has 1 aromatic rings. The molecule has 0 aliphatic carbocycles. The first-order valence-corrected chi connectivity index (χ1v) is 4.29. The van der Waals surface area contributed by atoms with Crippen molar-refractivity contribution in [3.8, 4) is 0 Å². The minimum absolute atomic E-state index is 0.00533. The van der Waals surface area contributed by atoms with E-state index in [9.17, 15) is 9.59 Å². The molecule has 0 radical (unpaired) electrons. The molecular formula is C10H13NO3. The molecule has 0 fully saturated rings. The smallest absolute Gasteiger partial charge is 0.354 e. The second-order valence-electron chi connectivity index (χ2n) is 3.17. The molecular weight excluding hydrogens is 182 g/mol. The fraction of sp³-hybridized carbons (Fsp3) is 0.400. The van der Waals surface area contributed by atoms with Gasteiger partial charge >= 0.3 is 5.97 Å². The van der Waals surface area contributed by atoms with E-state index in [2.05, 4.69) is 4.74 Å². The molecule has 0 atom stereocenters. The van der Waals surface area contributed by atoms with Gasteiger partial charge < -0.3 is 9.30 Å². The Kier molecular flexibility index (Phi) is 3.06. The lowest BCUT2D eigenvalue weighted by Gasteiger charge is -2.05. The molecule has 1 heterocycles. The molecule has 14 heavy (non-hydrogen) atoms. The number of carbonyl (C=O) groups is 2. The second-order valence-corrected chi connectivity index (χ2v) is 3.17. The first-order valence-electron chi connectivity index (χ1n) is 4.29. The molecule has 1 rings (SSSR count). The summed E-state index contributed by atoms with van der Waals surface area (Å²) in [5.74, 6) is -0.403. The van der Waals surface area contributed by atoms with E-state index in [4.69, 9.17) is 0 Å². The zero-order valence-electron chi connectivity index (χ0n) is 8.53. The number of Topliss-reactive ketones (excluding diaryl/α,β-unsaturated/α-hetero) is 1. The first kappa shape index (κ1) is 10.5. The third kappa shape index (κ3) is 2.02. The number of carbonyl (C=O) groups excluding carboxylic acids is 2. The summed E-state index contributed by atoms with van der Waals surface area (Å²) in [6.45, 7) is 3.50. The van der Waals surface area contributed by atoms with Crippen LogP contribution in [0.15, 0.2) is 12.3 Å². The van der Waals surface area contributed by atoms with Crippen LogP contribution in [-0.2, 0) is 16.1 Å². The molecule has 4 heteroatoms. The predicted molar refractivity (Wildman–Crippen MR) is 51.2 cm³/mol. The normalized spacial score (nSPS) is 9.93. The Hall–Kier alpha value is -1.58. The maximum Gasteiger partial charge on any atom is 0.354 e. The van der Waals surface area contributed by atoms with Gasteiger partial charge in [0.25, 0.3) is 0 Å². The molecule has 76 valence electrons. The summed E-state index contributed by atoms with van der Waals surface area (Å²) in [5.41, 5.74) is 1.26. The highest BCUT2D eigenvalue weighted by atomic mass is 16.5. The van der Waals surface area contributed by atoms with Gasteiger partial charge in [-0.3, -0.25) is 4.79 Å². The number of methoxy groups -OCH3 is 1. The highest BCUT2D eigenvalue weighted by Crippen LogP contribution is 2.11. The van der Waals surface area contributed by atoms with Crippen LogP contribution in [-0.4, -0.2) is 23.4 Å². The van der Waals surface area contributed by atoms with Gasteiger partial charge in [0.1, 0.15) is 11.5 Å². The fourth-order valence-corrected chi connectivity index (χ4v) is 1.33. The van der Waals surface area contributed by atoms with E-state index in [0.29, 0.717) is 5.69 Å². The molecule has 0 bridgehead atoms. The van der Waals surface area contributed by atoms with Crippen molar-refractivity contribution < 1.29 is 14.3 Å². The van der Waals surface area contributed by atoms with Crippen molar-refractivity contribution in [2.24, 2.45) is 0 Å². The highest BCUT2D eigenvalue weighted by molar-refractivity contribution is 5.90. The molecule has 0 saturated carbocycles. The van der Waals surface area contributed by atoms with Crippen LogP contribution in [0, 0.1) is 6.92 Å². The molecule has 0 spiro atoms. The highest BCUT2D eigenvalue weighted by Gasteiger charge is 2.15. The molecule has 0 unspecified atom stereocenters. The van der Waals surface area contributed by atoms with Crippen molar-refractivity contribution in [1.29, 1.82) is 0 Å². The molecule has 4 nitrogen and oxygen atoms in total. The quantitative estimate of drug-likeness (QED) is 0.680. The van der Waals surface area contributed by atoms with E-state index in [-0.39, 0.29) is 12.3 Å². The fourth-order valence-electron chi connectivity index (χ4n) is 1.33. The van der Waals surface area contributed by atoms with Crippen LogP contribution in [0.3, 0.4) is 0 Å². The molecule has 0 aromatic carbocycles. The monoisotopic (exact) mass is 195 g/mol. The topological polar surface area (TPSA) is 48.3 Å². The van der Waals surface area contributed by atoms with Crippen LogP contribution in [0.4, 0.5) is 0 Å². The summed E-state index contributed by atoms with van der Waals surface area (Å²) in [5, 5.41) is 0. The van der Waals surface area contributed by atoms with Crippen molar-refractivity contribution >= 4 is 11.8 Å². The summed E-state index contributed by atoms with van der Waals surface area (Å²) < 4.78 is 6.23. The number of hydrogen-bond donors (Lipinski definition) is 0. The Morgan fingerprint density at radius 3 is 2.64 bits per heavy atom. The van der Waals surface area contributed by atoms with E-state index in [1.54, 1.807) is 16.8 Å². The lowest BCUT2D eigenvalue weighted by Crippen LogP contribution is -2.14. The predicted octanol–water partition coefficient (Wildman–Crippen LogP) is 1.17. The maximum atomic E-state index is 11.3. The zero-order chi connectivity index (χ0) is 10.7. The van der Waals surface area contributed by atoms with Crippen molar-refractivity contribution in [3.05, 3.63) is 23.5 Å². The molecule has 1 aromatic heterocycles. The number of rotatable bonds is 3. The van der Waals surface area contributed by atoms with Crippen LogP contribution in [0.25, 0.3) is 0 Å². The number of esters is 1. The van der Waals surface area contributed by atoms with E-state index >= 15 is 0 Å². The van der Waals surface area contributed by atoms with Gasteiger partial charge in [-0.1, -0.05) is 0 Å². The average molecular weight is 195 g/mol. The molecule has 0 aliphatic heterocycles. The number of aryl methyl sites for hydroxylation is 1. The van der Waals surface area contributed by atoms with Crippen LogP contribution < -0.4 is 0 Å². The SMILES string of the molecule is COC(=O)c1c(C)ccn1CC(C)=O. The minimum atomic E-state index is -0.409. The largest absolute Gasteiger partial charge is 0.464 e. The van der Waals surface area contributed by atoms with Gasteiger partial charge in [0.15, 0.2) is 0 Å². The van der Waals surface area contributed by atoms with E-state index in [0.717, 1.165) is 5.56 Å². The Bertz CT molecular complexity index is 365. The van der Waals surface area contributed by atoms with Gasteiger partial charge in [0, 0.05) is 6.20 Å². The molecule has 0 N–H and O–H groups in total. The van der Waals surface area contributed by atoms with Gasteiger partial charge in [-0.2, -0.15) is 0 Å². The average Bonchev–Trinajstić information content (AvgIpc) is 2.45. The number of ketones is 1. The zero-order valence-corrected chi connectivity index (χ0v) is 8.53. The lowest BCUT2D eigenvalue weighted by molar-refractivity contribution is -0.117. The minimum Gasteiger partial charge on any atom is -0.464 e. The van der Waals surface area contributed by atoms with Crippen molar-refractivity contribution in [2.45, 2.75) is 20.4 Å². The lowest BCUT2D eigenvalue weighted by atomic mass is 10.2. The Morgan fingerprint density at radius 1 is 1.50 bits per heavy atom. The summed E-state index contributed by atoms with van der Waals surface area (Å²) in [6.07, 6.45) is 1.71. The first-order chi connectivity index (χ1) is 6.56. The van der Waals surface area contributed by atoms with E-state index < -0.39 is 5.97 Å². The molecule has 0 aliphatic rings. The van der Waals surface area contributed by atoms with Gasteiger partial charge in [-0.15, -0.1) is 0 Å².